The number of hydrogen-bond acceptors (Lipinski definition) is 3. The molecule has 1 unspecified atom stereocenters. The number of nitrogens with zero attached hydrogens (tertiary/aromatic N) is 2. The first-order chi connectivity index (χ1) is 9.75. The van der Waals surface area contributed by atoms with E-state index in [1.54, 1.807) is 0 Å². The van der Waals surface area contributed by atoms with E-state index in [1.165, 1.54) is 19.3 Å². The van der Waals surface area contributed by atoms with Gasteiger partial charge in [-0.3, -0.25) is 9.69 Å². The first-order valence-electron chi connectivity index (χ1n) is 8.49. The summed E-state index contributed by atoms with van der Waals surface area (Å²) in [7, 11) is 0. The van der Waals surface area contributed by atoms with Gasteiger partial charge in [-0.2, -0.15) is 0 Å². The summed E-state index contributed by atoms with van der Waals surface area (Å²) in [6.07, 6.45) is 7.02. The van der Waals surface area contributed by atoms with Gasteiger partial charge in [-0.05, 0) is 32.2 Å². The second-order valence-electron chi connectivity index (χ2n) is 6.82. The maximum Gasteiger partial charge on any atom is 0.228 e. The van der Waals surface area contributed by atoms with Gasteiger partial charge in [-0.25, -0.2) is 0 Å². The fourth-order valence-corrected chi connectivity index (χ4v) is 4.35. The highest BCUT2D eigenvalue weighted by atomic mass is 16.2. The topological polar surface area (TPSA) is 35.6 Å². The number of hydrogen-bond donors (Lipinski definition) is 1. The molecule has 0 aromatic rings. The van der Waals surface area contributed by atoms with E-state index in [1.807, 2.05) is 0 Å². The summed E-state index contributed by atoms with van der Waals surface area (Å²) in [6.45, 7) is 8.50. The average Bonchev–Trinajstić information content (AvgIpc) is 3.18. The minimum Gasteiger partial charge on any atom is -0.340 e. The standard InChI is InChI=1S/C16H29N3O/c1-2-16(6-3-4-7-16)15(20)19-11-9-18(10-12-19)14-5-8-17-13-14/h14,17H,2-13H2,1H3. The van der Waals surface area contributed by atoms with Crippen LogP contribution >= 0.6 is 0 Å². The molecule has 0 aromatic heterocycles. The molecule has 1 N–H and O–H groups in total. The Morgan fingerprint density at radius 1 is 1.20 bits per heavy atom. The highest BCUT2D eigenvalue weighted by Gasteiger charge is 2.42. The van der Waals surface area contributed by atoms with Gasteiger partial charge in [0, 0.05) is 44.2 Å². The summed E-state index contributed by atoms with van der Waals surface area (Å²) in [5, 5.41) is 3.44. The first kappa shape index (κ1) is 14.3. The van der Waals surface area contributed by atoms with Crippen LogP contribution in [0.2, 0.25) is 0 Å². The first-order valence-corrected chi connectivity index (χ1v) is 8.49. The van der Waals surface area contributed by atoms with Crippen molar-refractivity contribution < 1.29 is 4.79 Å². The van der Waals surface area contributed by atoms with E-state index in [0.29, 0.717) is 11.9 Å². The SMILES string of the molecule is CCC1(C(=O)N2CCN(C3CCNC3)CC2)CCCC1. The Bertz CT molecular complexity index is 338. The lowest BCUT2D eigenvalue weighted by Crippen LogP contribution is -2.55. The zero-order valence-corrected chi connectivity index (χ0v) is 12.9. The van der Waals surface area contributed by atoms with Crippen LogP contribution in [-0.4, -0.2) is 61.0 Å². The average molecular weight is 279 g/mol. The maximum absolute atomic E-state index is 12.9. The smallest absolute Gasteiger partial charge is 0.228 e. The molecule has 3 rings (SSSR count). The predicted molar refractivity (Wildman–Crippen MR) is 80.6 cm³/mol. The van der Waals surface area contributed by atoms with E-state index in [2.05, 4.69) is 22.0 Å². The predicted octanol–water partition coefficient (Wildman–Crippen LogP) is 1.46. The van der Waals surface area contributed by atoms with Gasteiger partial charge >= 0.3 is 0 Å². The molecule has 4 heteroatoms. The molecular formula is C16H29N3O. The van der Waals surface area contributed by atoms with Gasteiger partial charge in [0.05, 0.1) is 0 Å². The van der Waals surface area contributed by atoms with E-state index in [0.717, 1.165) is 58.5 Å². The lowest BCUT2D eigenvalue weighted by atomic mass is 9.81. The zero-order chi connectivity index (χ0) is 14.0. The van der Waals surface area contributed by atoms with Gasteiger partial charge < -0.3 is 10.2 Å². The highest BCUT2D eigenvalue weighted by molar-refractivity contribution is 5.83. The number of rotatable bonds is 3. The molecule has 2 saturated heterocycles. The lowest BCUT2D eigenvalue weighted by Gasteiger charge is -2.41. The lowest BCUT2D eigenvalue weighted by molar-refractivity contribution is -0.144. The molecule has 0 aromatic carbocycles. The molecule has 3 fully saturated rings. The molecule has 0 bridgehead atoms. The van der Waals surface area contributed by atoms with Gasteiger partial charge in [0.25, 0.3) is 0 Å². The number of piperazine rings is 1. The van der Waals surface area contributed by atoms with Crippen molar-refractivity contribution in [3.8, 4) is 0 Å². The summed E-state index contributed by atoms with van der Waals surface area (Å²) in [5.74, 6) is 0.460. The molecule has 114 valence electrons. The second-order valence-corrected chi connectivity index (χ2v) is 6.82. The number of carbonyl (C=O) groups is 1. The van der Waals surface area contributed by atoms with Crippen LogP contribution in [0.15, 0.2) is 0 Å². The number of nitrogens with one attached hydrogen (secondary N) is 1. The maximum atomic E-state index is 12.9. The normalized spacial score (nSPS) is 30.9. The van der Waals surface area contributed by atoms with E-state index < -0.39 is 0 Å². The van der Waals surface area contributed by atoms with Crippen LogP contribution in [0, 0.1) is 5.41 Å². The minimum absolute atomic E-state index is 0.00289. The summed E-state index contributed by atoms with van der Waals surface area (Å²) in [6, 6.07) is 0.707. The molecule has 3 aliphatic rings. The van der Waals surface area contributed by atoms with Crippen LogP contribution in [0.25, 0.3) is 0 Å². The Balaban J connectivity index is 1.56. The van der Waals surface area contributed by atoms with Gasteiger partial charge in [0.1, 0.15) is 0 Å². The minimum atomic E-state index is -0.00289. The highest BCUT2D eigenvalue weighted by Crippen LogP contribution is 2.42. The van der Waals surface area contributed by atoms with Crippen LogP contribution in [-0.2, 0) is 4.79 Å². The van der Waals surface area contributed by atoms with Gasteiger partial charge in [0.15, 0.2) is 0 Å². The third-order valence-electron chi connectivity index (χ3n) is 5.84. The van der Waals surface area contributed by atoms with Crippen molar-refractivity contribution in [3.05, 3.63) is 0 Å². The van der Waals surface area contributed by atoms with Crippen molar-refractivity contribution in [1.82, 2.24) is 15.1 Å². The Morgan fingerprint density at radius 3 is 2.45 bits per heavy atom. The molecule has 1 atom stereocenters. The number of amides is 1. The van der Waals surface area contributed by atoms with Crippen molar-refractivity contribution in [1.29, 1.82) is 0 Å². The largest absolute Gasteiger partial charge is 0.340 e. The van der Waals surface area contributed by atoms with E-state index in [-0.39, 0.29) is 5.41 Å². The molecular weight excluding hydrogens is 250 g/mol. The van der Waals surface area contributed by atoms with Crippen molar-refractivity contribution in [2.24, 2.45) is 5.41 Å². The number of carbonyl (C=O) groups excluding carboxylic acids is 1. The summed E-state index contributed by atoms with van der Waals surface area (Å²) < 4.78 is 0. The van der Waals surface area contributed by atoms with Crippen LogP contribution in [0.3, 0.4) is 0 Å². The van der Waals surface area contributed by atoms with Crippen LogP contribution < -0.4 is 5.32 Å². The Hall–Kier alpha value is -0.610. The molecule has 2 aliphatic heterocycles. The van der Waals surface area contributed by atoms with Crippen molar-refractivity contribution in [2.75, 3.05) is 39.3 Å². The monoisotopic (exact) mass is 279 g/mol. The van der Waals surface area contributed by atoms with E-state index in [9.17, 15) is 4.79 Å². The van der Waals surface area contributed by atoms with Crippen LogP contribution in [0.4, 0.5) is 0 Å². The molecule has 4 nitrogen and oxygen atoms in total. The Labute approximate surface area is 122 Å². The molecule has 1 aliphatic carbocycles. The van der Waals surface area contributed by atoms with Gasteiger partial charge in [-0.1, -0.05) is 19.8 Å². The van der Waals surface area contributed by atoms with Crippen LogP contribution in [0.5, 0.6) is 0 Å². The van der Waals surface area contributed by atoms with Crippen LogP contribution in [0.1, 0.15) is 45.4 Å². The Morgan fingerprint density at radius 2 is 1.90 bits per heavy atom. The Kier molecular flexibility index (Phi) is 4.32. The molecule has 0 radical (unpaired) electrons. The molecule has 20 heavy (non-hydrogen) atoms. The van der Waals surface area contributed by atoms with Gasteiger partial charge in [-0.15, -0.1) is 0 Å². The van der Waals surface area contributed by atoms with E-state index >= 15 is 0 Å². The van der Waals surface area contributed by atoms with Gasteiger partial charge in [0.2, 0.25) is 5.91 Å². The van der Waals surface area contributed by atoms with E-state index in [4.69, 9.17) is 0 Å². The zero-order valence-electron chi connectivity index (χ0n) is 12.9. The van der Waals surface area contributed by atoms with Crippen molar-refractivity contribution in [3.63, 3.8) is 0 Å². The van der Waals surface area contributed by atoms with Crippen molar-refractivity contribution in [2.45, 2.75) is 51.5 Å². The molecule has 0 spiro atoms. The third kappa shape index (κ3) is 2.60. The molecule has 1 amide bonds. The fraction of sp³-hybridized carbons (Fsp3) is 0.938. The summed E-state index contributed by atoms with van der Waals surface area (Å²) in [5.41, 5.74) is -0.00289. The fourth-order valence-electron chi connectivity index (χ4n) is 4.35. The second kappa shape index (κ2) is 6.02. The third-order valence-corrected chi connectivity index (χ3v) is 5.84. The van der Waals surface area contributed by atoms with Crippen molar-refractivity contribution >= 4 is 5.91 Å². The summed E-state index contributed by atoms with van der Waals surface area (Å²) >= 11 is 0. The molecule has 1 saturated carbocycles. The quantitative estimate of drug-likeness (QED) is 0.849. The summed E-state index contributed by atoms with van der Waals surface area (Å²) in [4.78, 5) is 17.6. The molecule has 2 heterocycles.